The van der Waals surface area contributed by atoms with E-state index in [1.165, 1.54) is 0 Å². The van der Waals surface area contributed by atoms with Gasteiger partial charge in [0.05, 0.1) is 25.0 Å². The van der Waals surface area contributed by atoms with Crippen molar-refractivity contribution < 1.29 is 19.1 Å². The Labute approximate surface area is 122 Å². The molecule has 0 aromatic carbocycles. The average molecular weight is 284 g/mol. The van der Waals surface area contributed by atoms with Gasteiger partial charge in [-0.25, -0.2) is 0 Å². The van der Waals surface area contributed by atoms with Crippen molar-refractivity contribution in [2.45, 2.75) is 53.4 Å². The Balaban J connectivity index is 2.28. The maximum absolute atomic E-state index is 11.9. The van der Waals surface area contributed by atoms with E-state index in [1.54, 1.807) is 0 Å². The van der Waals surface area contributed by atoms with Crippen LogP contribution in [-0.4, -0.2) is 25.2 Å². The Morgan fingerprint density at radius 3 is 1.35 bits per heavy atom. The van der Waals surface area contributed by atoms with Gasteiger partial charge in [0.25, 0.3) is 0 Å². The van der Waals surface area contributed by atoms with Crippen molar-refractivity contribution in [2.24, 2.45) is 23.7 Å². The second-order valence-corrected chi connectivity index (χ2v) is 6.60. The summed E-state index contributed by atoms with van der Waals surface area (Å²) in [7, 11) is 0. The average Bonchev–Trinajstić information content (AvgIpc) is 2.42. The van der Waals surface area contributed by atoms with Gasteiger partial charge in [-0.15, -0.1) is 0 Å². The number of rotatable bonds is 6. The molecule has 1 fully saturated rings. The van der Waals surface area contributed by atoms with Crippen LogP contribution in [0.3, 0.4) is 0 Å². The summed E-state index contributed by atoms with van der Waals surface area (Å²) in [5.74, 6) is 0.439. The molecular formula is C16H28O4. The fourth-order valence-electron chi connectivity index (χ4n) is 2.30. The monoisotopic (exact) mass is 284 g/mol. The lowest BCUT2D eigenvalue weighted by atomic mass is 9.82. The van der Waals surface area contributed by atoms with Gasteiger partial charge in [0.1, 0.15) is 0 Å². The van der Waals surface area contributed by atoms with E-state index >= 15 is 0 Å². The van der Waals surface area contributed by atoms with Gasteiger partial charge in [-0.3, -0.25) is 9.59 Å². The SMILES string of the molecule is CC(C)COC(=O)C1CCC(C(=O)OCC(C)C)CC1. The second-order valence-electron chi connectivity index (χ2n) is 6.60. The first-order valence-corrected chi connectivity index (χ1v) is 7.73. The molecular weight excluding hydrogens is 256 g/mol. The van der Waals surface area contributed by atoms with Crippen LogP contribution in [0.15, 0.2) is 0 Å². The first kappa shape index (κ1) is 17.0. The maximum atomic E-state index is 11.9. The topological polar surface area (TPSA) is 52.6 Å². The molecule has 1 saturated carbocycles. The van der Waals surface area contributed by atoms with Crippen molar-refractivity contribution in [1.29, 1.82) is 0 Å². The number of carbonyl (C=O) groups is 2. The molecule has 0 heterocycles. The Hall–Kier alpha value is -1.06. The molecule has 1 aliphatic carbocycles. The summed E-state index contributed by atoms with van der Waals surface area (Å²) >= 11 is 0. The normalized spacial score (nSPS) is 22.9. The fourth-order valence-corrected chi connectivity index (χ4v) is 2.30. The van der Waals surface area contributed by atoms with Gasteiger partial charge in [0, 0.05) is 0 Å². The fraction of sp³-hybridized carbons (Fsp3) is 0.875. The van der Waals surface area contributed by atoms with Crippen LogP contribution in [-0.2, 0) is 19.1 Å². The van der Waals surface area contributed by atoms with Crippen LogP contribution in [0.5, 0.6) is 0 Å². The highest BCUT2D eigenvalue weighted by Crippen LogP contribution is 2.30. The Morgan fingerprint density at radius 2 is 1.10 bits per heavy atom. The maximum Gasteiger partial charge on any atom is 0.308 e. The summed E-state index contributed by atoms with van der Waals surface area (Å²) in [5.41, 5.74) is 0. The van der Waals surface area contributed by atoms with E-state index in [1.807, 2.05) is 27.7 Å². The zero-order valence-electron chi connectivity index (χ0n) is 13.2. The van der Waals surface area contributed by atoms with Crippen LogP contribution in [0.1, 0.15) is 53.4 Å². The summed E-state index contributed by atoms with van der Waals surface area (Å²) in [6.07, 6.45) is 2.94. The first-order valence-electron chi connectivity index (χ1n) is 7.73. The second kappa shape index (κ2) is 8.28. The Morgan fingerprint density at radius 1 is 0.800 bits per heavy atom. The highest BCUT2D eigenvalue weighted by atomic mass is 16.5. The summed E-state index contributed by atoms with van der Waals surface area (Å²) in [5, 5.41) is 0. The van der Waals surface area contributed by atoms with Crippen LogP contribution < -0.4 is 0 Å². The summed E-state index contributed by atoms with van der Waals surface area (Å²) in [4.78, 5) is 23.7. The molecule has 0 radical (unpaired) electrons. The lowest BCUT2D eigenvalue weighted by Gasteiger charge is -2.26. The van der Waals surface area contributed by atoms with Crippen molar-refractivity contribution in [3.05, 3.63) is 0 Å². The van der Waals surface area contributed by atoms with Crippen LogP contribution in [0.2, 0.25) is 0 Å². The minimum atomic E-state index is -0.104. The predicted octanol–water partition coefficient (Wildman–Crippen LogP) is 3.19. The van der Waals surface area contributed by atoms with Gasteiger partial charge < -0.3 is 9.47 Å². The van der Waals surface area contributed by atoms with Crippen LogP contribution in [0.25, 0.3) is 0 Å². The van der Waals surface area contributed by atoms with E-state index in [0.29, 0.717) is 25.0 Å². The molecule has 0 N–H and O–H groups in total. The summed E-state index contributed by atoms with van der Waals surface area (Å²) < 4.78 is 10.5. The Bertz CT molecular complexity index is 282. The van der Waals surface area contributed by atoms with Crippen molar-refractivity contribution in [2.75, 3.05) is 13.2 Å². The third kappa shape index (κ3) is 5.93. The van der Waals surface area contributed by atoms with Crippen LogP contribution in [0.4, 0.5) is 0 Å². The molecule has 0 spiro atoms. The zero-order valence-corrected chi connectivity index (χ0v) is 13.2. The number of hydrogen-bond donors (Lipinski definition) is 0. The van der Waals surface area contributed by atoms with Gasteiger partial charge in [-0.05, 0) is 37.5 Å². The molecule has 0 bridgehead atoms. The van der Waals surface area contributed by atoms with E-state index in [-0.39, 0.29) is 23.8 Å². The van der Waals surface area contributed by atoms with E-state index < -0.39 is 0 Å². The molecule has 0 atom stereocenters. The smallest absolute Gasteiger partial charge is 0.308 e. The number of carbonyl (C=O) groups excluding carboxylic acids is 2. The summed E-state index contributed by atoms with van der Waals surface area (Å²) in [6, 6.07) is 0. The van der Waals surface area contributed by atoms with Crippen molar-refractivity contribution in [1.82, 2.24) is 0 Å². The molecule has 4 nitrogen and oxygen atoms in total. The van der Waals surface area contributed by atoms with Gasteiger partial charge in [-0.1, -0.05) is 27.7 Å². The van der Waals surface area contributed by atoms with Crippen molar-refractivity contribution in [3.63, 3.8) is 0 Å². The third-order valence-electron chi connectivity index (χ3n) is 3.51. The lowest BCUT2D eigenvalue weighted by Crippen LogP contribution is -2.29. The quantitative estimate of drug-likeness (QED) is 0.703. The molecule has 0 aliphatic heterocycles. The van der Waals surface area contributed by atoms with Gasteiger partial charge in [0.15, 0.2) is 0 Å². The molecule has 0 unspecified atom stereocenters. The standard InChI is InChI=1S/C16H28O4/c1-11(2)9-19-15(17)13-5-7-14(8-6-13)16(18)20-10-12(3)4/h11-14H,5-10H2,1-4H3. The van der Waals surface area contributed by atoms with Gasteiger partial charge in [0.2, 0.25) is 0 Å². The summed E-state index contributed by atoms with van der Waals surface area (Å²) in [6.45, 7) is 9.05. The zero-order chi connectivity index (χ0) is 15.1. The largest absolute Gasteiger partial charge is 0.465 e. The molecule has 4 heteroatoms. The molecule has 0 saturated heterocycles. The van der Waals surface area contributed by atoms with E-state index in [9.17, 15) is 9.59 Å². The molecule has 1 aliphatic rings. The van der Waals surface area contributed by atoms with E-state index in [4.69, 9.17) is 9.47 Å². The molecule has 1 rings (SSSR count). The van der Waals surface area contributed by atoms with Crippen molar-refractivity contribution in [3.8, 4) is 0 Å². The minimum Gasteiger partial charge on any atom is -0.465 e. The number of esters is 2. The van der Waals surface area contributed by atoms with E-state index in [2.05, 4.69) is 0 Å². The highest BCUT2D eigenvalue weighted by molar-refractivity contribution is 5.75. The van der Waals surface area contributed by atoms with E-state index in [0.717, 1.165) is 25.7 Å². The third-order valence-corrected chi connectivity index (χ3v) is 3.51. The lowest BCUT2D eigenvalue weighted by molar-refractivity contribution is -0.156. The molecule has 20 heavy (non-hydrogen) atoms. The Kier molecular flexibility index (Phi) is 7.03. The van der Waals surface area contributed by atoms with Gasteiger partial charge in [-0.2, -0.15) is 0 Å². The van der Waals surface area contributed by atoms with Gasteiger partial charge >= 0.3 is 11.9 Å². The number of ether oxygens (including phenoxy) is 2. The molecule has 0 aromatic heterocycles. The first-order chi connectivity index (χ1) is 9.40. The highest BCUT2D eigenvalue weighted by Gasteiger charge is 2.31. The van der Waals surface area contributed by atoms with Crippen LogP contribution in [0, 0.1) is 23.7 Å². The van der Waals surface area contributed by atoms with Crippen molar-refractivity contribution >= 4 is 11.9 Å². The minimum absolute atomic E-state index is 0.0390. The van der Waals surface area contributed by atoms with Crippen LogP contribution >= 0.6 is 0 Å². The molecule has 0 amide bonds. The molecule has 0 aromatic rings. The number of hydrogen-bond acceptors (Lipinski definition) is 4. The molecule has 116 valence electrons. The predicted molar refractivity (Wildman–Crippen MR) is 77.0 cm³/mol.